The summed E-state index contributed by atoms with van der Waals surface area (Å²) < 4.78 is 0. The first-order valence-electron chi connectivity index (χ1n) is 5.15. The van der Waals surface area contributed by atoms with Crippen molar-refractivity contribution in [2.24, 2.45) is 4.99 Å². The van der Waals surface area contributed by atoms with Gasteiger partial charge in [0, 0.05) is 24.4 Å². The molecule has 0 saturated carbocycles. The Balaban J connectivity index is 2.07. The van der Waals surface area contributed by atoms with Gasteiger partial charge >= 0.3 is 0 Å². The van der Waals surface area contributed by atoms with E-state index in [2.05, 4.69) is 15.3 Å². The van der Waals surface area contributed by atoms with Gasteiger partial charge in [-0.2, -0.15) is 0 Å². The van der Waals surface area contributed by atoms with Gasteiger partial charge < -0.3 is 5.32 Å². The number of carbonyl (C=O) groups is 2. The molecule has 0 spiro atoms. The van der Waals surface area contributed by atoms with E-state index in [1.807, 2.05) is 6.92 Å². The summed E-state index contributed by atoms with van der Waals surface area (Å²) in [6.07, 6.45) is 3.46. The molecule has 0 aliphatic carbocycles. The smallest absolute Gasteiger partial charge is 0.228 e. The van der Waals surface area contributed by atoms with Crippen LogP contribution in [0.1, 0.15) is 23.7 Å². The molecule has 1 aliphatic heterocycles. The fraction of sp³-hybridized carbons (Fsp3) is 0.273. The Labute approximate surface area is 103 Å². The molecule has 1 aliphatic rings. The number of nitrogens with one attached hydrogen (secondary N) is 1. The van der Waals surface area contributed by atoms with Crippen LogP contribution < -0.4 is 5.32 Å². The average molecular weight is 249 g/mol. The first-order valence-corrected chi connectivity index (χ1v) is 5.96. The van der Waals surface area contributed by atoms with Gasteiger partial charge in [0.1, 0.15) is 0 Å². The summed E-state index contributed by atoms with van der Waals surface area (Å²) in [5.74, 6) is -0.103. The number of aliphatic imine (C=N–C) groups is 1. The molecule has 2 rings (SSSR count). The van der Waals surface area contributed by atoms with E-state index < -0.39 is 0 Å². The molecular formula is C11H11N3O2S. The van der Waals surface area contributed by atoms with Gasteiger partial charge in [-0.05, 0) is 30.8 Å². The van der Waals surface area contributed by atoms with Gasteiger partial charge in [0.2, 0.25) is 11.0 Å². The summed E-state index contributed by atoms with van der Waals surface area (Å²) in [4.78, 5) is 31.2. The van der Waals surface area contributed by atoms with E-state index in [-0.39, 0.29) is 17.1 Å². The number of rotatable bonds is 1. The van der Waals surface area contributed by atoms with Gasteiger partial charge in [0.25, 0.3) is 0 Å². The van der Waals surface area contributed by atoms with Gasteiger partial charge in [0.15, 0.2) is 5.17 Å². The van der Waals surface area contributed by atoms with Crippen molar-refractivity contribution in [2.75, 3.05) is 0 Å². The third-order valence-corrected chi connectivity index (χ3v) is 2.97. The highest BCUT2D eigenvalue weighted by Gasteiger charge is 2.20. The van der Waals surface area contributed by atoms with E-state index in [0.29, 0.717) is 17.2 Å². The van der Waals surface area contributed by atoms with Gasteiger partial charge in [-0.15, -0.1) is 0 Å². The summed E-state index contributed by atoms with van der Waals surface area (Å²) in [6.45, 7) is 1.84. The Hall–Kier alpha value is -1.69. The lowest BCUT2D eigenvalue weighted by Gasteiger charge is -2.16. The van der Waals surface area contributed by atoms with Crippen LogP contribution in [0.4, 0.5) is 0 Å². The van der Waals surface area contributed by atoms with Crippen molar-refractivity contribution in [2.45, 2.75) is 19.4 Å². The maximum absolute atomic E-state index is 11.8. The topological polar surface area (TPSA) is 71.4 Å². The van der Waals surface area contributed by atoms with Crippen LogP contribution in [0.25, 0.3) is 0 Å². The lowest BCUT2D eigenvalue weighted by molar-refractivity contribution is -0.120. The highest BCUT2D eigenvalue weighted by molar-refractivity contribution is 8.26. The SMILES string of the molecule is C[C@H]1CC(=O)NC(SC(=O)c2cccnc2)=N1. The van der Waals surface area contributed by atoms with Crippen LogP contribution in [0, 0.1) is 0 Å². The average Bonchev–Trinajstić information content (AvgIpc) is 2.28. The lowest BCUT2D eigenvalue weighted by Crippen LogP contribution is -2.36. The van der Waals surface area contributed by atoms with Crippen LogP contribution in [-0.4, -0.2) is 27.2 Å². The minimum absolute atomic E-state index is 0.0760. The van der Waals surface area contributed by atoms with Crippen molar-refractivity contribution < 1.29 is 9.59 Å². The Morgan fingerprint density at radius 3 is 3.06 bits per heavy atom. The molecule has 6 heteroatoms. The lowest BCUT2D eigenvalue weighted by atomic mass is 10.2. The Morgan fingerprint density at radius 2 is 2.41 bits per heavy atom. The number of amides is 1. The predicted octanol–water partition coefficient (Wildman–Crippen LogP) is 1.22. The van der Waals surface area contributed by atoms with Gasteiger partial charge in [-0.1, -0.05) is 0 Å². The molecule has 1 amide bonds. The molecule has 88 valence electrons. The first kappa shape index (κ1) is 11.8. The zero-order valence-electron chi connectivity index (χ0n) is 9.21. The standard InChI is InChI=1S/C11H11N3O2S/c1-7-5-9(15)14-11(13-7)17-10(16)8-3-2-4-12-6-8/h2-4,6-7H,5H2,1H3,(H,13,14,15)/t7-/m0/s1. The highest BCUT2D eigenvalue weighted by Crippen LogP contribution is 2.16. The van der Waals surface area contributed by atoms with E-state index in [1.54, 1.807) is 18.3 Å². The van der Waals surface area contributed by atoms with Crippen LogP contribution >= 0.6 is 11.8 Å². The first-order chi connectivity index (χ1) is 8.15. The number of carbonyl (C=O) groups excluding carboxylic acids is 2. The zero-order chi connectivity index (χ0) is 12.3. The number of aromatic nitrogens is 1. The van der Waals surface area contributed by atoms with Crippen LogP contribution in [-0.2, 0) is 4.79 Å². The van der Waals surface area contributed by atoms with Gasteiger partial charge in [-0.3, -0.25) is 19.6 Å². The van der Waals surface area contributed by atoms with E-state index in [0.717, 1.165) is 11.8 Å². The quantitative estimate of drug-likeness (QED) is 0.812. The molecule has 5 nitrogen and oxygen atoms in total. The normalized spacial score (nSPS) is 19.5. The van der Waals surface area contributed by atoms with Crippen molar-refractivity contribution in [3.8, 4) is 0 Å². The second-order valence-electron chi connectivity index (χ2n) is 3.67. The van der Waals surface area contributed by atoms with E-state index >= 15 is 0 Å². The summed E-state index contributed by atoms with van der Waals surface area (Å²) >= 11 is 0.920. The Kier molecular flexibility index (Phi) is 3.53. The second-order valence-corrected chi connectivity index (χ2v) is 4.63. The molecule has 0 bridgehead atoms. The molecule has 0 aromatic carbocycles. The van der Waals surface area contributed by atoms with E-state index in [4.69, 9.17) is 0 Å². The van der Waals surface area contributed by atoms with E-state index in [1.165, 1.54) is 6.20 Å². The number of amidine groups is 1. The summed E-state index contributed by atoms with van der Waals surface area (Å²) in [5.41, 5.74) is 0.493. The molecule has 2 heterocycles. The Morgan fingerprint density at radius 1 is 1.59 bits per heavy atom. The zero-order valence-corrected chi connectivity index (χ0v) is 10.0. The number of pyridine rings is 1. The summed E-state index contributed by atoms with van der Waals surface area (Å²) in [7, 11) is 0. The largest absolute Gasteiger partial charge is 0.305 e. The van der Waals surface area contributed by atoms with Gasteiger partial charge in [-0.25, -0.2) is 0 Å². The minimum Gasteiger partial charge on any atom is -0.305 e. The minimum atomic E-state index is -0.175. The maximum Gasteiger partial charge on any atom is 0.228 e. The summed E-state index contributed by atoms with van der Waals surface area (Å²) in [6, 6.07) is 3.29. The molecule has 1 atom stereocenters. The summed E-state index contributed by atoms with van der Waals surface area (Å²) in [5, 5.41) is 2.77. The van der Waals surface area contributed by atoms with Crippen LogP contribution in [0.15, 0.2) is 29.5 Å². The molecular weight excluding hydrogens is 238 g/mol. The number of thioether (sulfide) groups is 1. The number of nitrogens with zero attached hydrogens (tertiary/aromatic N) is 2. The van der Waals surface area contributed by atoms with Crippen molar-refractivity contribution in [1.82, 2.24) is 10.3 Å². The molecule has 1 N–H and O–H groups in total. The van der Waals surface area contributed by atoms with Crippen molar-refractivity contribution in [1.29, 1.82) is 0 Å². The molecule has 1 aromatic rings. The number of hydrogen-bond donors (Lipinski definition) is 1. The van der Waals surface area contributed by atoms with Crippen molar-refractivity contribution >= 4 is 28.0 Å². The third kappa shape index (κ3) is 3.13. The highest BCUT2D eigenvalue weighted by atomic mass is 32.2. The fourth-order valence-corrected chi connectivity index (χ4v) is 2.21. The molecule has 17 heavy (non-hydrogen) atoms. The van der Waals surface area contributed by atoms with Crippen molar-refractivity contribution in [3.63, 3.8) is 0 Å². The van der Waals surface area contributed by atoms with Crippen LogP contribution in [0.2, 0.25) is 0 Å². The molecule has 0 unspecified atom stereocenters. The monoisotopic (exact) mass is 249 g/mol. The van der Waals surface area contributed by atoms with Gasteiger partial charge in [0.05, 0.1) is 6.04 Å². The predicted molar refractivity (Wildman–Crippen MR) is 65.8 cm³/mol. The second kappa shape index (κ2) is 5.09. The molecule has 1 aromatic heterocycles. The van der Waals surface area contributed by atoms with Crippen LogP contribution in [0.5, 0.6) is 0 Å². The third-order valence-electron chi connectivity index (χ3n) is 2.15. The van der Waals surface area contributed by atoms with Crippen molar-refractivity contribution in [3.05, 3.63) is 30.1 Å². The molecule has 0 radical (unpaired) electrons. The maximum atomic E-state index is 11.8. The molecule has 0 fully saturated rings. The number of hydrogen-bond acceptors (Lipinski definition) is 5. The van der Waals surface area contributed by atoms with Crippen LogP contribution in [0.3, 0.4) is 0 Å². The van der Waals surface area contributed by atoms with E-state index in [9.17, 15) is 9.59 Å². The fourth-order valence-electron chi connectivity index (χ4n) is 1.40. The Bertz CT molecular complexity index is 473. The molecule has 0 saturated heterocycles.